The van der Waals surface area contributed by atoms with E-state index in [1.807, 2.05) is 19.9 Å². The number of carbonyl (C=O) groups excluding carboxylic acids is 3. The molecule has 2 aromatic carbocycles. The number of benzene rings is 2. The number of aliphatic hydroxyl groups excluding tert-OH is 1. The van der Waals surface area contributed by atoms with Crippen LogP contribution in [-0.2, 0) is 32.0 Å². The second-order valence-electron chi connectivity index (χ2n) is 9.80. The first-order valence-electron chi connectivity index (χ1n) is 12.6. The van der Waals surface area contributed by atoms with Crippen LogP contribution in [0.5, 0.6) is 0 Å². The Hall–Kier alpha value is -3.76. The number of nitrogens with one attached hydrogen (secondary N) is 3. The molecule has 0 aliphatic heterocycles. The van der Waals surface area contributed by atoms with Gasteiger partial charge in [0.2, 0.25) is 17.7 Å². The summed E-state index contributed by atoms with van der Waals surface area (Å²) in [6.45, 7) is 5.16. The number of amides is 3. The molecule has 3 amide bonds. The molecule has 0 aliphatic rings. The standard InChI is InChI=1S/C28H38N4O6/c1-17(2)14-21(29)25(34)30-22(15-19-10-6-4-7-11-19)26(35)32-24(18(3)33)27(36)31-23(28(37)38)16-20-12-8-5-9-13-20/h4-13,17-18,21-24,33H,14-16,29H2,1-3H3,(H,30,34)(H,31,36)(H,32,35)(H,37,38). The summed E-state index contributed by atoms with van der Waals surface area (Å²) in [5.41, 5.74) is 7.46. The van der Waals surface area contributed by atoms with Crippen molar-refractivity contribution < 1.29 is 29.4 Å². The van der Waals surface area contributed by atoms with Crippen LogP contribution >= 0.6 is 0 Å². The molecular formula is C28H38N4O6. The fourth-order valence-corrected chi connectivity index (χ4v) is 3.92. The number of carboxylic acids is 1. The molecule has 206 valence electrons. The predicted molar refractivity (Wildman–Crippen MR) is 143 cm³/mol. The van der Waals surface area contributed by atoms with Crippen molar-refractivity contribution in [2.45, 2.75) is 70.3 Å². The Bertz CT molecular complexity index is 1060. The fourth-order valence-electron chi connectivity index (χ4n) is 3.92. The van der Waals surface area contributed by atoms with Gasteiger partial charge in [0, 0.05) is 12.8 Å². The number of carboxylic acid groups (broad SMARTS) is 1. The summed E-state index contributed by atoms with van der Waals surface area (Å²) in [4.78, 5) is 50.8. The molecule has 5 unspecified atom stereocenters. The first-order chi connectivity index (χ1) is 18.0. The smallest absolute Gasteiger partial charge is 0.326 e. The van der Waals surface area contributed by atoms with Crippen molar-refractivity contribution in [2.75, 3.05) is 0 Å². The van der Waals surface area contributed by atoms with Gasteiger partial charge in [-0.3, -0.25) is 14.4 Å². The van der Waals surface area contributed by atoms with Crippen LogP contribution in [0.15, 0.2) is 60.7 Å². The highest BCUT2D eigenvalue weighted by molar-refractivity contribution is 5.94. The lowest BCUT2D eigenvalue weighted by Gasteiger charge is -2.27. The minimum atomic E-state index is -1.46. The van der Waals surface area contributed by atoms with Gasteiger partial charge in [-0.2, -0.15) is 0 Å². The van der Waals surface area contributed by atoms with Crippen LogP contribution in [0, 0.1) is 5.92 Å². The van der Waals surface area contributed by atoms with E-state index in [2.05, 4.69) is 16.0 Å². The highest BCUT2D eigenvalue weighted by Gasteiger charge is 2.33. The zero-order valence-corrected chi connectivity index (χ0v) is 22.0. The molecule has 38 heavy (non-hydrogen) atoms. The maximum Gasteiger partial charge on any atom is 0.326 e. The Morgan fingerprint density at radius 1 is 0.737 bits per heavy atom. The molecule has 0 spiro atoms. The van der Waals surface area contributed by atoms with Crippen molar-refractivity contribution in [1.82, 2.24) is 16.0 Å². The number of hydrogen-bond donors (Lipinski definition) is 6. The van der Waals surface area contributed by atoms with Gasteiger partial charge < -0.3 is 31.9 Å². The van der Waals surface area contributed by atoms with Gasteiger partial charge in [-0.15, -0.1) is 0 Å². The second-order valence-corrected chi connectivity index (χ2v) is 9.80. The molecule has 0 aromatic heterocycles. The van der Waals surface area contributed by atoms with Gasteiger partial charge in [0.1, 0.15) is 18.1 Å². The van der Waals surface area contributed by atoms with Crippen molar-refractivity contribution in [3.05, 3.63) is 71.8 Å². The Morgan fingerprint density at radius 3 is 1.66 bits per heavy atom. The molecular weight excluding hydrogens is 488 g/mol. The second kappa shape index (κ2) is 14.8. The Morgan fingerprint density at radius 2 is 1.21 bits per heavy atom. The Labute approximate surface area is 223 Å². The first-order valence-corrected chi connectivity index (χ1v) is 12.6. The van der Waals surface area contributed by atoms with Crippen LogP contribution in [0.3, 0.4) is 0 Å². The largest absolute Gasteiger partial charge is 0.480 e. The number of carbonyl (C=O) groups is 4. The summed E-state index contributed by atoms with van der Waals surface area (Å²) in [5, 5.41) is 27.5. The lowest BCUT2D eigenvalue weighted by molar-refractivity contribution is -0.143. The summed E-state index contributed by atoms with van der Waals surface area (Å²) < 4.78 is 0. The number of hydrogen-bond acceptors (Lipinski definition) is 6. The van der Waals surface area contributed by atoms with E-state index in [1.165, 1.54) is 6.92 Å². The molecule has 0 saturated carbocycles. The van der Waals surface area contributed by atoms with Crippen molar-refractivity contribution in [1.29, 1.82) is 0 Å². The highest BCUT2D eigenvalue weighted by atomic mass is 16.4. The maximum atomic E-state index is 13.3. The van der Waals surface area contributed by atoms with E-state index in [1.54, 1.807) is 54.6 Å². The van der Waals surface area contributed by atoms with E-state index in [0.29, 0.717) is 12.0 Å². The summed E-state index contributed by atoms with van der Waals surface area (Å²) in [6.07, 6.45) is -0.793. The van der Waals surface area contributed by atoms with E-state index in [4.69, 9.17) is 5.73 Å². The lowest BCUT2D eigenvalue weighted by Crippen LogP contribution is -2.60. The number of aliphatic hydroxyl groups is 1. The molecule has 0 fully saturated rings. The molecule has 7 N–H and O–H groups in total. The SMILES string of the molecule is CC(C)CC(N)C(=O)NC(Cc1ccccc1)C(=O)NC(C(=O)NC(Cc1ccccc1)C(=O)O)C(C)O. The van der Waals surface area contributed by atoms with Crippen LogP contribution in [0.4, 0.5) is 0 Å². The third kappa shape index (κ3) is 9.95. The highest BCUT2D eigenvalue weighted by Crippen LogP contribution is 2.08. The van der Waals surface area contributed by atoms with Crippen LogP contribution in [0.1, 0.15) is 38.3 Å². The summed E-state index contributed by atoms with van der Waals surface area (Å²) in [7, 11) is 0. The van der Waals surface area contributed by atoms with Crippen molar-refractivity contribution >= 4 is 23.7 Å². The molecule has 5 atom stereocenters. The summed E-state index contributed by atoms with van der Waals surface area (Å²) in [6, 6.07) is 13.1. The average Bonchev–Trinajstić information content (AvgIpc) is 2.86. The quantitative estimate of drug-likeness (QED) is 0.211. The molecule has 0 heterocycles. The van der Waals surface area contributed by atoms with Gasteiger partial charge in [-0.25, -0.2) is 4.79 Å². The van der Waals surface area contributed by atoms with Crippen molar-refractivity contribution in [2.24, 2.45) is 11.7 Å². The topological polar surface area (TPSA) is 171 Å². The monoisotopic (exact) mass is 526 g/mol. The Balaban J connectivity index is 2.18. The van der Waals surface area contributed by atoms with Gasteiger partial charge in [0.25, 0.3) is 0 Å². The van der Waals surface area contributed by atoms with Crippen LogP contribution in [0.25, 0.3) is 0 Å². The zero-order chi connectivity index (χ0) is 28.2. The molecule has 0 bridgehead atoms. The van der Waals surface area contributed by atoms with E-state index in [-0.39, 0.29) is 18.8 Å². The Kier molecular flexibility index (Phi) is 11.9. The van der Waals surface area contributed by atoms with Gasteiger partial charge in [0.15, 0.2) is 0 Å². The van der Waals surface area contributed by atoms with E-state index < -0.39 is 54.0 Å². The molecule has 2 rings (SSSR count). The van der Waals surface area contributed by atoms with Crippen molar-refractivity contribution in [3.63, 3.8) is 0 Å². The molecule has 0 radical (unpaired) electrons. The van der Waals surface area contributed by atoms with Gasteiger partial charge in [0.05, 0.1) is 12.1 Å². The van der Waals surface area contributed by atoms with E-state index in [9.17, 15) is 29.4 Å². The predicted octanol–water partition coefficient (Wildman–Crippen LogP) is 0.765. The molecule has 0 saturated heterocycles. The average molecular weight is 527 g/mol. The first kappa shape index (κ1) is 30.5. The van der Waals surface area contributed by atoms with E-state index >= 15 is 0 Å². The van der Waals surface area contributed by atoms with Crippen molar-refractivity contribution in [3.8, 4) is 0 Å². The summed E-state index contributed by atoms with van der Waals surface area (Å²) in [5.74, 6) is -3.18. The van der Waals surface area contributed by atoms with Gasteiger partial charge >= 0.3 is 5.97 Å². The number of aliphatic carboxylic acids is 1. The molecule has 0 aliphatic carbocycles. The fraction of sp³-hybridized carbons (Fsp3) is 0.429. The van der Waals surface area contributed by atoms with Gasteiger partial charge in [-0.05, 0) is 30.4 Å². The van der Waals surface area contributed by atoms with Crippen LogP contribution in [0.2, 0.25) is 0 Å². The molecule has 2 aromatic rings. The maximum absolute atomic E-state index is 13.3. The minimum absolute atomic E-state index is 0.0167. The molecule has 10 nitrogen and oxygen atoms in total. The van der Waals surface area contributed by atoms with Crippen LogP contribution in [-0.4, -0.2) is 64.2 Å². The van der Waals surface area contributed by atoms with Crippen LogP contribution < -0.4 is 21.7 Å². The van der Waals surface area contributed by atoms with E-state index in [0.717, 1.165) is 5.56 Å². The minimum Gasteiger partial charge on any atom is -0.480 e. The third-order valence-electron chi connectivity index (χ3n) is 5.94. The third-order valence-corrected chi connectivity index (χ3v) is 5.94. The summed E-state index contributed by atoms with van der Waals surface area (Å²) >= 11 is 0. The molecule has 10 heteroatoms. The lowest BCUT2D eigenvalue weighted by atomic mass is 10.0. The zero-order valence-electron chi connectivity index (χ0n) is 22.0. The van der Waals surface area contributed by atoms with Gasteiger partial charge in [-0.1, -0.05) is 74.5 Å². The normalized spacial score (nSPS) is 15.0. The number of rotatable bonds is 14. The number of nitrogens with two attached hydrogens (primary N) is 1.